The summed E-state index contributed by atoms with van der Waals surface area (Å²) in [5.74, 6) is 0.0422. The molecule has 224 valence electrons. The largest absolute Gasteiger partial charge is 0.493 e. The highest BCUT2D eigenvalue weighted by Crippen LogP contribution is 2.28. The smallest absolute Gasteiger partial charge is 0.331 e. The first kappa shape index (κ1) is 33.7. The van der Waals surface area contributed by atoms with E-state index >= 15 is 0 Å². The number of unbranched alkanes of at least 4 members (excludes halogenated alkanes) is 2. The Morgan fingerprint density at radius 3 is 1.74 bits per heavy atom. The van der Waals surface area contributed by atoms with E-state index < -0.39 is 0 Å². The lowest BCUT2D eigenvalue weighted by Crippen LogP contribution is -2.29. The van der Waals surface area contributed by atoms with Gasteiger partial charge in [0, 0.05) is 58.8 Å². The third-order valence-electron chi connectivity index (χ3n) is 7.26. The van der Waals surface area contributed by atoms with Gasteiger partial charge < -0.3 is 23.7 Å². The molecule has 0 fully saturated rings. The van der Waals surface area contributed by atoms with Crippen LogP contribution in [0.25, 0.3) is 0 Å². The summed E-state index contributed by atoms with van der Waals surface area (Å²) in [4.78, 5) is 12.3. The molecule has 0 aliphatic carbocycles. The van der Waals surface area contributed by atoms with E-state index in [0.29, 0.717) is 19.7 Å². The Morgan fingerprint density at radius 1 is 0.795 bits per heavy atom. The molecule has 2 aromatic heterocycles. The van der Waals surface area contributed by atoms with Crippen molar-refractivity contribution in [1.29, 1.82) is 0 Å². The second-order valence-corrected chi connectivity index (χ2v) is 12.9. The van der Waals surface area contributed by atoms with Crippen molar-refractivity contribution in [1.82, 2.24) is 18.3 Å². The first-order valence-electron chi connectivity index (χ1n) is 14.5. The molecule has 0 aliphatic rings. The summed E-state index contributed by atoms with van der Waals surface area (Å²) in [6.45, 7) is 18.6. The second kappa shape index (κ2) is 16.1. The quantitative estimate of drug-likeness (QED) is 0.105. The molecule has 0 unspecified atom stereocenters. The monoisotopic (exact) mass is 584 g/mol. The maximum Gasteiger partial charge on any atom is 0.331 e. The predicted octanol–water partition coefficient (Wildman–Crippen LogP) is 6.53. The Labute approximate surface area is 245 Å². The molecular formula is C29H52N4O4S2. The van der Waals surface area contributed by atoms with Gasteiger partial charge >= 0.3 is 5.69 Å². The van der Waals surface area contributed by atoms with Gasteiger partial charge in [0.25, 0.3) is 0 Å². The summed E-state index contributed by atoms with van der Waals surface area (Å²) in [5, 5.41) is 11.0. The zero-order chi connectivity index (χ0) is 29.1. The van der Waals surface area contributed by atoms with Crippen LogP contribution < -0.4 is 5.69 Å². The number of aromatic nitrogens is 4. The van der Waals surface area contributed by atoms with Gasteiger partial charge in [0.05, 0.1) is 11.2 Å². The summed E-state index contributed by atoms with van der Waals surface area (Å²) in [7, 11) is 0. The van der Waals surface area contributed by atoms with E-state index in [-0.39, 0.29) is 22.4 Å². The fourth-order valence-corrected chi connectivity index (χ4v) is 5.60. The Hall–Kier alpha value is -1.49. The van der Waals surface area contributed by atoms with Gasteiger partial charge in [-0.3, -0.25) is 9.13 Å². The SMILES string of the molecule is CCn1cc(O)n(CC(C)(C)CCCCOCCCOCCCCC(C)(C)Cn2c(S)cn(CC)c2=S)c1=O. The van der Waals surface area contributed by atoms with Crippen LogP contribution in [-0.4, -0.2) is 49.8 Å². The highest BCUT2D eigenvalue weighted by molar-refractivity contribution is 7.80. The summed E-state index contributed by atoms with van der Waals surface area (Å²) in [5.41, 5.74) is -0.0679. The average Bonchev–Trinajstić information content (AvgIpc) is 3.30. The molecule has 0 atom stereocenters. The molecule has 2 rings (SSSR count). The summed E-state index contributed by atoms with van der Waals surface area (Å²) < 4.78 is 19.7. The molecule has 0 bridgehead atoms. The van der Waals surface area contributed by atoms with Gasteiger partial charge in [0.2, 0.25) is 5.88 Å². The van der Waals surface area contributed by atoms with Crippen molar-refractivity contribution >= 4 is 24.8 Å². The maximum atomic E-state index is 12.3. The topological polar surface area (TPSA) is 75.5 Å². The van der Waals surface area contributed by atoms with Crippen LogP contribution in [0.3, 0.4) is 0 Å². The molecule has 0 amide bonds. The van der Waals surface area contributed by atoms with Crippen molar-refractivity contribution < 1.29 is 14.6 Å². The number of ether oxygens (including phenoxy) is 2. The van der Waals surface area contributed by atoms with E-state index in [2.05, 4.69) is 56.4 Å². The highest BCUT2D eigenvalue weighted by atomic mass is 32.1. The molecular weight excluding hydrogens is 532 g/mol. The summed E-state index contributed by atoms with van der Waals surface area (Å²) >= 11 is 10.2. The number of imidazole rings is 2. The molecule has 0 aliphatic heterocycles. The van der Waals surface area contributed by atoms with Gasteiger partial charge in [-0.15, -0.1) is 12.6 Å². The van der Waals surface area contributed by atoms with E-state index in [1.54, 1.807) is 0 Å². The van der Waals surface area contributed by atoms with Gasteiger partial charge in [0.15, 0.2) is 4.77 Å². The number of hydrogen-bond donors (Lipinski definition) is 2. The number of thiol groups is 1. The predicted molar refractivity (Wildman–Crippen MR) is 164 cm³/mol. The molecule has 0 spiro atoms. The minimum atomic E-state index is -0.145. The first-order chi connectivity index (χ1) is 18.4. The van der Waals surface area contributed by atoms with Crippen LogP contribution in [0.4, 0.5) is 0 Å². The fourth-order valence-electron chi connectivity index (χ4n) is 4.88. The number of aromatic hydroxyl groups is 1. The molecule has 2 heterocycles. The Kier molecular flexibility index (Phi) is 13.9. The number of nitrogens with zero attached hydrogens (tertiary/aromatic N) is 4. The Morgan fingerprint density at radius 2 is 1.28 bits per heavy atom. The zero-order valence-electron chi connectivity index (χ0n) is 25.1. The minimum absolute atomic E-state index is 0.0422. The zero-order valence-corrected chi connectivity index (χ0v) is 26.8. The lowest BCUT2D eigenvalue weighted by atomic mass is 9.87. The molecule has 0 saturated heterocycles. The highest BCUT2D eigenvalue weighted by Gasteiger charge is 2.22. The van der Waals surface area contributed by atoms with Crippen molar-refractivity contribution in [3.05, 3.63) is 27.6 Å². The van der Waals surface area contributed by atoms with Crippen LogP contribution >= 0.6 is 24.8 Å². The van der Waals surface area contributed by atoms with Gasteiger partial charge in [-0.2, -0.15) is 0 Å². The normalized spacial score (nSPS) is 12.5. The van der Waals surface area contributed by atoms with Crippen molar-refractivity contribution in [3.8, 4) is 5.88 Å². The molecule has 39 heavy (non-hydrogen) atoms. The van der Waals surface area contributed by atoms with Crippen LogP contribution in [0.1, 0.15) is 86.5 Å². The number of rotatable bonds is 20. The Balaban J connectivity index is 1.48. The molecule has 2 aromatic rings. The third-order valence-corrected chi connectivity index (χ3v) is 8.08. The molecule has 10 heteroatoms. The van der Waals surface area contributed by atoms with Gasteiger partial charge in [-0.05, 0) is 69.0 Å². The third kappa shape index (κ3) is 11.1. The van der Waals surface area contributed by atoms with Gasteiger partial charge in [0.1, 0.15) is 0 Å². The van der Waals surface area contributed by atoms with Crippen LogP contribution in [0, 0.1) is 15.6 Å². The summed E-state index contributed by atoms with van der Waals surface area (Å²) in [6, 6.07) is 0. The van der Waals surface area contributed by atoms with Gasteiger partial charge in [-0.25, -0.2) is 4.79 Å². The van der Waals surface area contributed by atoms with Crippen LogP contribution in [-0.2, 0) is 35.7 Å². The van der Waals surface area contributed by atoms with E-state index in [1.165, 1.54) is 15.3 Å². The molecule has 0 aromatic carbocycles. The second-order valence-electron chi connectivity index (χ2n) is 12.1. The fraction of sp³-hybridized carbons (Fsp3) is 0.793. The molecule has 1 N–H and O–H groups in total. The number of aryl methyl sites for hydroxylation is 2. The summed E-state index contributed by atoms with van der Waals surface area (Å²) in [6.07, 6.45) is 10.7. The number of hydrogen-bond acceptors (Lipinski definition) is 6. The molecule has 0 radical (unpaired) electrons. The van der Waals surface area contributed by atoms with Crippen molar-refractivity contribution in [2.75, 3.05) is 26.4 Å². The van der Waals surface area contributed by atoms with Crippen LogP contribution in [0.2, 0.25) is 0 Å². The van der Waals surface area contributed by atoms with E-state index in [9.17, 15) is 9.90 Å². The Bertz CT molecular complexity index is 1030. The van der Waals surface area contributed by atoms with Crippen molar-refractivity contribution in [2.45, 2.75) is 118 Å². The first-order valence-corrected chi connectivity index (χ1v) is 15.4. The van der Waals surface area contributed by atoms with E-state index in [4.69, 9.17) is 21.7 Å². The molecule has 8 nitrogen and oxygen atoms in total. The minimum Gasteiger partial charge on any atom is -0.493 e. The van der Waals surface area contributed by atoms with E-state index in [1.807, 2.05) is 13.1 Å². The van der Waals surface area contributed by atoms with Crippen molar-refractivity contribution in [2.24, 2.45) is 10.8 Å². The van der Waals surface area contributed by atoms with Crippen molar-refractivity contribution in [3.63, 3.8) is 0 Å². The average molecular weight is 585 g/mol. The lowest BCUT2D eigenvalue weighted by Gasteiger charge is -2.25. The molecule has 0 saturated carbocycles. The van der Waals surface area contributed by atoms with Gasteiger partial charge in [-0.1, -0.05) is 40.5 Å². The van der Waals surface area contributed by atoms with E-state index in [0.717, 1.165) is 87.7 Å². The standard InChI is InChI=1S/C29H52N4O4S2/c1-7-30-20-24(34)32(26(30)35)22-28(3,4)14-9-11-16-36-18-13-19-37-17-12-10-15-29(5,6)23-33-25(38)21-31(8-2)27(33)39/h20-21,34,38H,7-19,22-23H2,1-6H3. The van der Waals surface area contributed by atoms with Crippen LogP contribution in [0.15, 0.2) is 22.2 Å². The van der Waals surface area contributed by atoms with Crippen LogP contribution in [0.5, 0.6) is 5.88 Å². The maximum absolute atomic E-state index is 12.3. The lowest BCUT2D eigenvalue weighted by molar-refractivity contribution is 0.0774.